The van der Waals surface area contributed by atoms with Crippen molar-refractivity contribution in [2.45, 2.75) is 19.1 Å². The van der Waals surface area contributed by atoms with Gasteiger partial charge in [-0.1, -0.05) is 0 Å². The Morgan fingerprint density at radius 3 is 2.72 bits per heavy atom. The molecule has 2 atom stereocenters. The summed E-state index contributed by atoms with van der Waals surface area (Å²) in [5.41, 5.74) is 0. The molecule has 4 N–H and O–H groups in total. The van der Waals surface area contributed by atoms with E-state index in [0.717, 1.165) is 4.90 Å². The van der Waals surface area contributed by atoms with Gasteiger partial charge < -0.3 is 20.4 Å². The van der Waals surface area contributed by atoms with Gasteiger partial charge in [-0.15, -0.1) is 0 Å². The lowest BCUT2D eigenvalue weighted by atomic mass is 10.2. The molecule has 1 fully saturated rings. The Hall–Kier alpha value is -2.16. The van der Waals surface area contributed by atoms with Gasteiger partial charge in [-0.3, -0.25) is 14.9 Å². The third kappa shape index (κ3) is 3.17. The van der Waals surface area contributed by atoms with E-state index in [1.54, 1.807) is 0 Å². The summed E-state index contributed by atoms with van der Waals surface area (Å²) in [5.74, 6) is -2.71. The number of amides is 4. The van der Waals surface area contributed by atoms with Crippen LogP contribution in [0.1, 0.15) is 6.92 Å². The van der Waals surface area contributed by atoms with Gasteiger partial charge in [0.15, 0.2) is 6.10 Å². The summed E-state index contributed by atoms with van der Waals surface area (Å²) in [6.07, 6.45) is -1.74. The van der Waals surface area contributed by atoms with Crippen molar-refractivity contribution in [3.8, 4) is 0 Å². The van der Waals surface area contributed by atoms with Crippen LogP contribution in [0.2, 0.25) is 0 Å². The van der Waals surface area contributed by atoms with Crippen molar-refractivity contribution in [3.05, 3.63) is 0 Å². The molecule has 18 heavy (non-hydrogen) atoms. The van der Waals surface area contributed by atoms with E-state index in [9.17, 15) is 19.2 Å². The lowest BCUT2D eigenvalue weighted by molar-refractivity contribution is -0.146. The lowest BCUT2D eigenvalue weighted by Crippen LogP contribution is -2.61. The van der Waals surface area contributed by atoms with E-state index in [1.807, 2.05) is 0 Å². The zero-order valence-electron chi connectivity index (χ0n) is 9.54. The number of imide groups is 1. The molecule has 0 aromatic rings. The van der Waals surface area contributed by atoms with Crippen LogP contribution in [0.4, 0.5) is 4.79 Å². The number of carbonyl (C=O) groups excluding carboxylic acids is 3. The number of rotatable bonds is 3. The highest BCUT2D eigenvalue weighted by Gasteiger charge is 2.33. The van der Waals surface area contributed by atoms with Gasteiger partial charge in [-0.25, -0.2) is 9.59 Å². The number of piperazine rings is 1. The van der Waals surface area contributed by atoms with E-state index >= 15 is 0 Å². The van der Waals surface area contributed by atoms with Gasteiger partial charge in [0, 0.05) is 0 Å². The Kier molecular flexibility index (Phi) is 4.21. The van der Waals surface area contributed by atoms with E-state index in [-0.39, 0.29) is 6.54 Å². The van der Waals surface area contributed by atoms with E-state index in [0.29, 0.717) is 0 Å². The third-order valence-electron chi connectivity index (χ3n) is 2.42. The van der Waals surface area contributed by atoms with Crippen LogP contribution in [-0.4, -0.2) is 64.2 Å². The minimum atomic E-state index is -1.74. The minimum absolute atomic E-state index is 0.304. The Bertz CT molecular complexity index is 396. The monoisotopic (exact) mass is 259 g/mol. The van der Waals surface area contributed by atoms with E-state index < -0.39 is 42.5 Å². The maximum absolute atomic E-state index is 11.6. The molecule has 1 saturated heterocycles. The Morgan fingerprint density at radius 1 is 1.56 bits per heavy atom. The maximum atomic E-state index is 11.6. The number of aliphatic carboxylic acids is 1. The first-order valence-electron chi connectivity index (χ1n) is 5.12. The van der Waals surface area contributed by atoms with Crippen molar-refractivity contribution >= 4 is 23.8 Å². The van der Waals surface area contributed by atoms with Gasteiger partial charge in [0.1, 0.15) is 12.6 Å². The SMILES string of the molecule is CC1C(=O)NC(=O)CN1C(=O)NC[C@H](O)C(=O)O. The molecule has 9 nitrogen and oxygen atoms in total. The number of carboxylic acids is 1. The fourth-order valence-electron chi connectivity index (χ4n) is 1.34. The fraction of sp³-hybridized carbons (Fsp3) is 0.556. The van der Waals surface area contributed by atoms with Gasteiger partial charge in [-0.2, -0.15) is 0 Å². The van der Waals surface area contributed by atoms with Crippen LogP contribution in [0.3, 0.4) is 0 Å². The molecule has 0 aromatic heterocycles. The topological polar surface area (TPSA) is 136 Å². The van der Waals surface area contributed by atoms with Gasteiger partial charge >= 0.3 is 12.0 Å². The molecule has 1 rings (SSSR count). The quantitative estimate of drug-likeness (QED) is 0.413. The largest absolute Gasteiger partial charge is 0.479 e. The van der Waals surface area contributed by atoms with Gasteiger partial charge in [0.2, 0.25) is 11.8 Å². The molecule has 1 aliphatic heterocycles. The highest BCUT2D eigenvalue weighted by molar-refractivity contribution is 6.03. The number of nitrogens with zero attached hydrogens (tertiary/aromatic N) is 1. The number of carboxylic acid groups (broad SMARTS) is 1. The molecule has 0 aliphatic carbocycles. The summed E-state index contributed by atoms with van der Waals surface area (Å²) in [7, 11) is 0. The maximum Gasteiger partial charge on any atom is 0.334 e. The summed E-state index contributed by atoms with van der Waals surface area (Å²) in [4.78, 5) is 45.2. The molecule has 1 aliphatic rings. The highest BCUT2D eigenvalue weighted by atomic mass is 16.4. The summed E-state index contributed by atoms with van der Waals surface area (Å²) in [5, 5.41) is 21.6. The van der Waals surface area contributed by atoms with Crippen molar-refractivity contribution in [1.29, 1.82) is 0 Å². The second-order valence-corrected chi connectivity index (χ2v) is 3.76. The van der Waals surface area contributed by atoms with Crippen LogP contribution >= 0.6 is 0 Å². The molecule has 0 radical (unpaired) electrons. The van der Waals surface area contributed by atoms with Gasteiger partial charge in [0.25, 0.3) is 0 Å². The van der Waals surface area contributed by atoms with E-state index in [2.05, 4.69) is 10.6 Å². The first kappa shape index (κ1) is 13.9. The van der Waals surface area contributed by atoms with E-state index in [1.165, 1.54) is 6.92 Å². The molecule has 0 bridgehead atoms. The van der Waals surface area contributed by atoms with Crippen LogP contribution in [0.15, 0.2) is 0 Å². The number of hydrogen-bond donors (Lipinski definition) is 4. The number of aliphatic hydroxyl groups excluding tert-OH is 1. The second-order valence-electron chi connectivity index (χ2n) is 3.76. The van der Waals surface area contributed by atoms with E-state index in [4.69, 9.17) is 10.2 Å². The van der Waals surface area contributed by atoms with Crippen molar-refractivity contribution in [3.63, 3.8) is 0 Å². The number of urea groups is 1. The normalized spacial score (nSPS) is 21.2. The minimum Gasteiger partial charge on any atom is -0.479 e. The summed E-state index contributed by atoms with van der Waals surface area (Å²) >= 11 is 0. The Balaban J connectivity index is 2.57. The highest BCUT2D eigenvalue weighted by Crippen LogP contribution is 2.04. The Labute approximate surface area is 102 Å². The molecule has 4 amide bonds. The zero-order valence-corrected chi connectivity index (χ0v) is 9.54. The lowest BCUT2D eigenvalue weighted by Gasteiger charge is -2.31. The molecule has 0 saturated carbocycles. The molecule has 9 heteroatoms. The summed E-state index contributed by atoms with van der Waals surface area (Å²) in [6, 6.07) is -1.63. The molecule has 0 aromatic carbocycles. The van der Waals surface area contributed by atoms with Crippen molar-refractivity contribution in [2.24, 2.45) is 0 Å². The smallest absolute Gasteiger partial charge is 0.334 e. The average molecular weight is 259 g/mol. The van der Waals surface area contributed by atoms with Gasteiger partial charge in [-0.05, 0) is 6.92 Å². The van der Waals surface area contributed by atoms with Gasteiger partial charge in [0.05, 0.1) is 6.54 Å². The molecule has 100 valence electrons. The van der Waals surface area contributed by atoms with Crippen LogP contribution in [0.25, 0.3) is 0 Å². The standard InChI is InChI=1S/C9H13N3O6/c1-4-7(15)11-6(14)3-12(4)9(18)10-2-5(13)8(16)17/h4-5,13H,2-3H2,1H3,(H,10,18)(H,16,17)(H,11,14,15)/t4?,5-/m0/s1. The van der Waals surface area contributed by atoms with Crippen LogP contribution in [0, 0.1) is 0 Å². The summed E-state index contributed by atoms with van der Waals surface area (Å²) < 4.78 is 0. The third-order valence-corrected chi connectivity index (χ3v) is 2.42. The average Bonchev–Trinajstić information content (AvgIpc) is 2.29. The van der Waals surface area contributed by atoms with Crippen molar-refractivity contribution < 1.29 is 29.4 Å². The molecular weight excluding hydrogens is 246 g/mol. The number of carbonyl (C=O) groups is 4. The Morgan fingerprint density at radius 2 is 2.17 bits per heavy atom. The van der Waals surface area contributed by atoms with Crippen LogP contribution < -0.4 is 10.6 Å². The first-order valence-corrected chi connectivity index (χ1v) is 5.12. The van der Waals surface area contributed by atoms with Crippen molar-refractivity contribution in [1.82, 2.24) is 15.5 Å². The van der Waals surface area contributed by atoms with Crippen molar-refractivity contribution in [2.75, 3.05) is 13.1 Å². The molecular formula is C9H13N3O6. The molecule has 1 unspecified atom stereocenters. The zero-order chi connectivity index (χ0) is 13.9. The number of nitrogens with one attached hydrogen (secondary N) is 2. The second kappa shape index (κ2) is 5.45. The van der Waals surface area contributed by atoms with Crippen LogP contribution in [0.5, 0.6) is 0 Å². The predicted molar refractivity (Wildman–Crippen MR) is 56.4 cm³/mol. The number of hydrogen-bond acceptors (Lipinski definition) is 5. The fourth-order valence-corrected chi connectivity index (χ4v) is 1.34. The predicted octanol–water partition coefficient (Wildman–Crippen LogP) is -2.51. The molecule has 0 spiro atoms. The summed E-state index contributed by atoms with van der Waals surface area (Å²) in [6.45, 7) is 0.615. The number of aliphatic hydroxyl groups is 1. The van der Waals surface area contributed by atoms with Crippen LogP contribution in [-0.2, 0) is 14.4 Å². The molecule has 1 heterocycles. The first-order chi connectivity index (χ1) is 8.32.